The van der Waals surface area contributed by atoms with Crippen LogP contribution in [-0.4, -0.2) is 17.3 Å². The molecule has 0 aromatic carbocycles. The molecule has 12 heavy (non-hydrogen) atoms. The Balaban J connectivity index is 1.90. The Morgan fingerprint density at radius 1 is 1.33 bits per heavy atom. The molecular formula is C10H18OS. The van der Waals surface area contributed by atoms with Crippen LogP contribution >= 0.6 is 11.8 Å². The lowest BCUT2D eigenvalue weighted by atomic mass is 9.66. The molecule has 0 bridgehead atoms. The van der Waals surface area contributed by atoms with Gasteiger partial charge in [0.15, 0.2) is 0 Å². The molecule has 0 unspecified atom stereocenters. The molecular weight excluding hydrogens is 168 g/mol. The van der Waals surface area contributed by atoms with E-state index in [2.05, 4.69) is 20.8 Å². The topological polar surface area (TPSA) is 9.23 Å². The lowest BCUT2D eigenvalue weighted by Crippen LogP contribution is -2.46. The van der Waals surface area contributed by atoms with Crippen molar-refractivity contribution in [2.24, 2.45) is 11.3 Å². The van der Waals surface area contributed by atoms with E-state index in [1.54, 1.807) is 0 Å². The molecule has 1 aliphatic heterocycles. The van der Waals surface area contributed by atoms with Gasteiger partial charge in [-0.1, -0.05) is 20.8 Å². The van der Waals surface area contributed by atoms with Gasteiger partial charge in [0.2, 0.25) is 0 Å². The molecule has 1 nitrogen and oxygen atoms in total. The second-order valence-electron chi connectivity index (χ2n) is 5.08. The summed E-state index contributed by atoms with van der Waals surface area (Å²) in [6, 6.07) is 0. The second-order valence-corrected chi connectivity index (χ2v) is 6.52. The van der Waals surface area contributed by atoms with E-state index >= 15 is 0 Å². The maximum Gasteiger partial charge on any atom is 0.114 e. The van der Waals surface area contributed by atoms with Gasteiger partial charge in [0.1, 0.15) is 4.93 Å². The van der Waals surface area contributed by atoms with Crippen molar-refractivity contribution in [3.05, 3.63) is 0 Å². The van der Waals surface area contributed by atoms with E-state index in [1.165, 1.54) is 18.6 Å². The van der Waals surface area contributed by atoms with Gasteiger partial charge in [-0.15, -0.1) is 11.8 Å². The Morgan fingerprint density at radius 2 is 2.00 bits per heavy atom. The molecule has 0 amide bonds. The zero-order valence-electron chi connectivity index (χ0n) is 8.22. The predicted molar refractivity (Wildman–Crippen MR) is 53.3 cm³/mol. The highest BCUT2D eigenvalue weighted by molar-refractivity contribution is 8.00. The molecule has 2 rings (SSSR count). The van der Waals surface area contributed by atoms with E-state index in [-0.39, 0.29) is 4.93 Å². The minimum absolute atomic E-state index is 0.262. The number of ether oxygens (including phenoxy) is 1. The van der Waals surface area contributed by atoms with Crippen LogP contribution in [0.25, 0.3) is 0 Å². The first-order valence-electron chi connectivity index (χ1n) is 4.80. The molecule has 1 heterocycles. The van der Waals surface area contributed by atoms with Gasteiger partial charge in [-0.25, -0.2) is 0 Å². The summed E-state index contributed by atoms with van der Waals surface area (Å²) in [5, 5.41) is 0. The summed E-state index contributed by atoms with van der Waals surface area (Å²) in [6.45, 7) is 7.99. The number of hydrogen-bond acceptors (Lipinski definition) is 2. The summed E-state index contributed by atoms with van der Waals surface area (Å²) in [5.41, 5.74) is 0.484. The van der Waals surface area contributed by atoms with E-state index < -0.39 is 0 Å². The first-order valence-corrected chi connectivity index (χ1v) is 5.78. The van der Waals surface area contributed by atoms with Crippen molar-refractivity contribution in [3.8, 4) is 0 Å². The SMILES string of the molecule is CC(C)(C)C1CC2(C1)OCCS2. The average molecular weight is 186 g/mol. The van der Waals surface area contributed by atoms with Crippen LogP contribution in [-0.2, 0) is 4.74 Å². The third-order valence-corrected chi connectivity index (χ3v) is 4.50. The average Bonchev–Trinajstić information content (AvgIpc) is 2.27. The van der Waals surface area contributed by atoms with Crippen LogP contribution in [0.5, 0.6) is 0 Å². The van der Waals surface area contributed by atoms with Crippen molar-refractivity contribution in [2.75, 3.05) is 12.4 Å². The highest BCUT2D eigenvalue weighted by Gasteiger charge is 2.51. The first-order chi connectivity index (χ1) is 5.52. The molecule has 1 saturated heterocycles. The Kier molecular flexibility index (Phi) is 1.96. The van der Waals surface area contributed by atoms with Crippen LogP contribution < -0.4 is 0 Å². The van der Waals surface area contributed by atoms with Crippen LogP contribution in [0.2, 0.25) is 0 Å². The molecule has 2 fully saturated rings. The third-order valence-electron chi connectivity index (χ3n) is 3.15. The first kappa shape index (κ1) is 8.89. The van der Waals surface area contributed by atoms with Crippen LogP contribution in [0.4, 0.5) is 0 Å². The zero-order valence-corrected chi connectivity index (χ0v) is 9.04. The molecule has 0 aromatic heterocycles. The Bertz CT molecular complexity index is 169. The number of rotatable bonds is 0. The van der Waals surface area contributed by atoms with Crippen molar-refractivity contribution in [1.82, 2.24) is 0 Å². The fraction of sp³-hybridized carbons (Fsp3) is 1.00. The van der Waals surface area contributed by atoms with Crippen molar-refractivity contribution in [2.45, 2.75) is 38.5 Å². The van der Waals surface area contributed by atoms with Gasteiger partial charge in [-0.2, -0.15) is 0 Å². The van der Waals surface area contributed by atoms with Crippen molar-refractivity contribution in [3.63, 3.8) is 0 Å². The van der Waals surface area contributed by atoms with Crippen LogP contribution in [0.15, 0.2) is 0 Å². The lowest BCUT2D eigenvalue weighted by molar-refractivity contribution is -0.0723. The Hall–Kier alpha value is 0.310. The summed E-state index contributed by atoms with van der Waals surface area (Å²) in [4.78, 5) is 0.262. The fourth-order valence-corrected chi connectivity index (χ4v) is 3.38. The highest BCUT2D eigenvalue weighted by atomic mass is 32.2. The third kappa shape index (κ3) is 1.39. The van der Waals surface area contributed by atoms with E-state index in [0.717, 1.165) is 12.5 Å². The summed E-state index contributed by atoms with van der Waals surface area (Å²) in [6.07, 6.45) is 2.56. The summed E-state index contributed by atoms with van der Waals surface area (Å²) >= 11 is 2.03. The van der Waals surface area contributed by atoms with Crippen LogP contribution in [0.1, 0.15) is 33.6 Å². The van der Waals surface area contributed by atoms with Crippen LogP contribution in [0, 0.1) is 11.3 Å². The molecule has 0 atom stereocenters. The minimum Gasteiger partial charge on any atom is -0.363 e. The highest BCUT2D eigenvalue weighted by Crippen LogP contribution is 2.56. The molecule has 0 aromatic rings. The fourth-order valence-electron chi connectivity index (χ4n) is 2.04. The lowest BCUT2D eigenvalue weighted by Gasteiger charge is -2.49. The van der Waals surface area contributed by atoms with Gasteiger partial charge in [0, 0.05) is 5.75 Å². The molecule has 1 saturated carbocycles. The molecule has 0 N–H and O–H groups in total. The van der Waals surface area contributed by atoms with Gasteiger partial charge in [-0.3, -0.25) is 0 Å². The standard InChI is InChI=1S/C10H18OS/c1-9(2,3)8-6-10(7-8)11-4-5-12-10/h8H,4-7H2,1-3H3. The van der Waals surface area contributed by atoms with Gasteiger partial charge in [-0.05, 0) is 24.2 Å². The molecule has 0 radical (unpaired) electrons. The monoisotopic (exact) mass is 186 g/mol. The zero-order chi connectivity index (χ0) is 8.82. The largest absolute Gasteiger partial charge is 0.363 e. The van der Waals surface area contributed by atoms with Crippen molar-refractivity contribution in [1.29, 1.82) is 0 Å². The van der Waals surface area contributed by atoms with Crippen molar-refractivity contribution >= 4 is 11.8 Å². The molecule has 70 valence electrons. The second kappa shape index (κ2) is 2.65. The van der Waals surface area contributed by atoms with Gasteiger partial charge in [0.05, 0.1) is 6.61 Å². The summed E-state index contributed by atoms with van der Waals surface area (Å²) in [5.74, 6) is 2.08. The predicted octanol–water partition coefficient (Wildman–Crippen LogP) is 2.90. The molecule has 1 aliphatic carbocycles. The summed E-state index contributed by atoms with van der Waals surface area (Å²) < 4.78 is 5.76. The van der Waals surface area contributed by atoms with E-state index in [0.29, 0.717) is 5.41 Å². The van der Waals surface area contributed by atoms with Gasteiger partial charge >= 0.3 is 0 Å². The molecule has 1 spiro atoms. The van der Waals surface area contributed by atoms with Crippen LogP contribution in [0.3, 0.4) is 0 Å². The normalized spacial score (nSPS) is 41.8. The maximum absolute atomic E-state index is 5.76. The quantitative estimate of drug-likeness (QED) is 0.575. The minimum atomic E-state index is 0.262. The van der Waals surface area contributed by atoms with E-state index in [4.69, 9.17) is 4.74 Å². The molecule has 2 heteroatoms. The van der Waals surface area contributed by atoms with Crippen molar-refractivity contribution < 1.29 is 4.74 Å². The Labute approximate surface area is 79.2 Å². The Morgan fingerprint density at radius 3 is 2.42 bits per heavy atom. The maximum atomic E-state index is 5.76. The molecule has 2 aliphatic rings. The van der Waals surface area contributed by atoms with E-state index in [9.17, 15) is 0 Å². The summed E-state index contributed by atoms with van der Waals surface area (Å²) in [7, 11) is 0. The van der Waals surface area contributed by atoms with E-state index in [1.807, 2.05) is 11.8 Å². The van der Waals surface area contributed by atoms with Gasteiger partial charge < -0.3 is 4.74 Å². The smallest absolute Gasteiger partial charge is 0.114 e. The number of thioether (sulfide) groups is 1. The number of hydrogen-bond donors (Lipinski definition) is 0. The van der Waals surface area contributed by atoms with Gasteiger partial charge in [0.25, 0.3) is 0 Å².